The van der Waals surface area contributed by atoms with Crippen LogP contribution in [-0.4, -0.2) is 23.1 Å². The zero-order chi connectivity index (χ0) is 9.14. The Labute approximate surface area is 72.8 Å². The summed E-state index contributed by atoms with van der Waals surface area (Å²) in [5.74, 6) is 1.09. The average molecular weight is 171 g/mol. The van der Waals surface area contributed by atoms with E-state index < -0.39 is 0 Å². The zero-order valence-electron chi connectivity index (χ0n) is 7.62. The number of oxime groups is 1. The van der Waals surface area contributed by atoms with Gasteiger partial charge in [0, 0.05) is 18.5 Å². The quantitative estimate of drug-likeness (QED) is 0.250. The van der Waals surface area contributed by atoms with Gasteiger partial charge in [0.1, 0.15) is 5.84 Å². The highest BCUT2D eigenvalue weighted by molar-refractivity contribution is 5.80. The first-order valence-corrected chi connectivity index (χ1v) is 4.36. The van der Waals surface area contributed by atoms with E-state index in [1.54, 1.807) is 0 Å². The first-order chi connectivity index (χ1) is 5.63. The molecular weight excluding hydrogens is 154 g/mol. The number of hydrogen-bond acceptors (Lipinski definition) is 3. The third-order valence-corrected chi connectivity index (χ3v) is 2.25. The molecule has 0 bridgehead atoms. The predicted octanol–water partition coefficient (Wildman–Crippen LogP) is 0.509. The summed E-state index contributed by atoms with van der Waals surface area (Å²) in [5.41, 5.74) is 5.36. The van der Waals surface area contributed by atoms with Crippen LogP contribution in [0.15, 0.2) is 5.16 Å². The molecule has 12 heavy (non-hydrogen) atoms. The van der Waals surface area contributed by atoms with Crippen LogP contribution in [0.2, 0.25) is 0 Å². The number of nitrogens with zero attached hydrogens (tertiary/aromatic N) is 1. The molecule has 1 aliphatic rings. The number of hydrogen-bond donors (Lipinski definition) is 3. The van der Waals surface area contributed by atoms with E-state index in [0.29, 0.717) is 24.3 Å². The number of amidine groups is 1. The molecule has 0 aromatic heterocycles. The molecule has 1 saturated carbocycles. The topological polar surface area (TPSA) is 70.6 Å². The lowest BCUT2D eigenvalue weighted by atomic mass is 10.2. The summed E-state index contributed by atoms with van der Waals surface area (Å²) in [6.07, 6.45) is 1.86. The van der Waals surface area contributed by atoms with Gasteiger partial charge >= 0.3 is 0 Å². The van der Waals surface area contributed by atoms with Gasteiger partial charge < -0.3 is 16.3 Å². The molecule has 0 aromatic carbocycles. The van der Waals surface area contributed by atoms with Crippen molar-refractivity contribution in [1.82, 2.24) is 5.32 Å². The van der Waals surface area contributed by atoms with Crippen molar-refractivity contribution in [3.63, 3.8) is 0 Å². The molecule has 0 aliphatic heterocycles. The Morgan fingerprint density at radius 2 is 2.42 bits per heavy atom. The maximum absolute atomic E-state index is 8.32. The van der Waals surface area contributed by atoms with Crippen LogP contribution >= 0.6 is 0 Å². The molecule has 4 nitrogen and oxygen atoms in total. The minimum absolute atomic E-state index is 0.295. The monoisotopic (exact) mass is 171 g/mol. The fraction of sp³-hybridized carbons (Fsp3) is 0.875. The summed E-state index contributed by atoms with van der Waals surface area (Å²) in [7, 11) is 0. The number of nitrogens with two attached hydrogens (primary N) is 1. The molecule has 0 heterocycles. The third-order valence-electron chi connectivity index (χ3n) is 2.25. The molecule has 3 unspecified atom stereocenters. The van der Waals surface area contributed by atoms with Crippen molar-refractivity contribution in [2.75, 3.05) is 0 Å². The van der Waals surface area contributed by atoms with Gasteiger partial charge in [0.2, 0.25) is 0 Å². The van der Waals surface area contributed by atoms with Crippen LogP contribution in [-0.2, 0) is 0 Å². The van der Waals surface area contributed by atoms with E-state index in [9.17, 15) is 0 Å². The van der Waals surface area contributed by atoms with Crippen molar-refractivity contribution in [3.8, 4) is 0 Å². The molecule has 4 heteroatoms. The van der Waals surface area contributed by atoms with E-state index in [4.69, 9.17) is 10.9 Å². The van der Waals surface area contributed by atoms with Crippen LogP contribution in [0.3, 0.4) is 0 Å². The minimum Gasteiger partial charge on any atom is -0.409 e. The third kappa shape index (κ3) is 2.70. The van der Waals surface area contributed by atoms with Gasteiger partial charge in [-0.15, -0.1) is 0 Å². The molecule has 0 saturated heterocycles. The highest BCUT2D eigenvalue weighted by Crippen LogP contribution is 2.29. The standard InChI is InChI=1S/C8H17N3O/c1-5-3-7(5)10-6(2)4-8(9)11-12/h5-7,10,12H,3-4H2,1-2H3,(H2,9,11). The predicted molar refractivity (Wildman–Crippen MR) is 48.2 cm³/mol. The highest BCUT2D eigenvalue weighted by atomic mass is 16.4. The second-order valence-electron chi connectivity index (χ2n) is 3.68. The Balaban J connectivity index is 2.16. The smallest absolute Gasteiger partial charge is 0.140 e. The van der Waals surface area contributed by atoms with Crippen molar-refractivity contribution in [1.29, 1.82) is 0 Å². The maximum Gasteiger partial charge on any atom is 0.140 e. The fourth-order valence-electron chi connectivity index (χ4n) is 1.33. The van der Waals surface area contributed by atoms with Crippen LogP contribution in [0.4, 0.5) is 0 Å². The molecule has 0 spiro atoms. The largest absolute Gasteiger partial charge is 0.409 e. The van der Waals surface area contributed by atoms with E-state index in [0.717, 1.165) is 5.92 Å². The van der Waals surface area contributed by atoms with E-state index in [1.165, 1.54) is 6.42 Å². The van der Waals surface area contributed by atoms with Gasteiger partial charge in [-0.05, 0) is 19.3 Å². The molecular formula is C8H17N3O. The Kier molecular flexibility index (Phi) is 2.92. The summed E-state index contributed by atoms with van der Waals surface area (Å²) >= 11 is 0. The van der Waals surface area contributed by atoms with Crippen molar-refractivity contribution in [2.24, 2.45) is 16.8 Å². The summed E-state index contributed by atoms with van der Waals surface area (Å²) < 4.78 is 0. The second kappa shape index (κ2) is 3.76. The maximum atomic E-state index is 8.32. The van der Waals surface area contributed by atoms with Crippen LogP contribution in [0.5, 0.6) is 0 Å². The number of nitrogens with one attached hydrogen (secondary N) is 1. The van der Waals surface area contributed by atoms with Crippen LogP contribution in [0.25, 0.3) is 0 Å². The molecule has 0 aromatic rings. The normalized spacial score (nSPS) is 31.7. The van der Waals surface area contributed by atoms with E-state index in [-0.39, 0.29) is 0 Å². The summed E-state index contributed by atoms with van der Waals surface area (Å²) in [5, 5.41) is 14.6. The van der Waals surface area contributed by atoms with Crippen molar-refractivity contribution < 1.29 is 5.21 Å². The van der Waals surface area contributed by atoms with Gasteiger partial charge in [-0.3, -0.25) is 0 Å². The van der Waals surface area contributed by atoms with Crippen molar-refractivity contribution in [3.05, 3.63) is 0 Å². The molecule has 1 fully saturated rings. The lowest BCUT2D eigenvalue weighted by Crippen LogP contribution is -2.33. The van der Waals surface area contributed by atoms with Gasteiger partial charge in [-0.25, -0.2) is 0 Å². The Morgan fingerprint density at radius 1 is 1.83 bits per heavy atom. The first-order valence-electron chi connectivity index (χ1n) is 4.36. The summed E-state index contributed by atoms with van der Waals surface area (Å²) in [6, 6.07) is 0.947. The van der Waals surface area contributed by atoms with Crippen LogP contribution < -0.4 is 11.1 Å². The van der Waals surface area contributed by atoms with E-state index >= 15 is 0 Å². The van der Waals surface area contributed by atoms with Gasteiger partial charge in [0.25, 0.3) is 0 Å². The SMILES string of the molecule is CC(CC(N)=NO)NC1CC1C. The van der Waals surface area contributed by atoms with Gasteiger partial charge in [-0.1, -0.05) is 12.1 Å². The average Bonchev–Trinajstić information content (AvgIpc) is 2.66. The second-order valence-corrected chi connectivity index (χ2v) is 3.68. The van der Waals surface area contributed by atoms with Crippen molar-refractivity contribution >= 4 is 5.84 Å². The van der Waals surface area contributed by atoms with Crippen LogP contribution in [0.1, 0.15) is 26.7 Å². The molecule has 1 aliphatic carbocycles. The molecule has 0 amide bonds. The molecule has 3 atom stereocenters. The lowest BCUT2D eigenvalue weighted by Gasteiger charge is -2.11. The number of rotatable bonds is 4. The molecule has 0 radical (unpaired) electrons. The Hall–Kier alpha value is -0.770. The van der Waals surface area contributed by atoms with E-state index in [1.807, 2.05) is 6.92 Å². The van der Waals surface area contributed by atoms with Gasteiger partial charge in [0.05, 0.1) is 0 Å². The van der Waals surface area contributed by atoms with Gasteiger partial charge in [0.15, 0.2) is 0 Å². The summed E-state index contributed by atoms with van der Waals surface area (Å²) in [4.78, 5) is 0. The molecule has 4 N–H and O–H groups in total. The minimum atomic E-state index is 0.295. The highest BCUT2D eigenvalue weighted by Gasteiger charge is 2.33. The fourth-order valence-corrected chi connectivity index (χ4v) is 1.33. The summed E-state index contributed by atoms with van der Waals surface area (Å²) in [6.45, 7) is 4.26. The molecule has 1 rings (SSSR count). The Bertz CT molecular complexity index is 181. The lowest BCUT2D eigenvalue weighted by molar-refractivity contribution is 0.315. The van der Waals surface area contributed by atoms with Gasteiger partial charge in [-0.2, -0.15) is 0 Å². The van der Waals surface area contributed by atoms with Crippen molar-refractivity contribution in [2.45, 2.75) is 38.8 Å². The van der Waals surface area contributed by atoms with E-state index in [2.05, 4.69) is 17.4 Å². The molecule has 70 valence electrons. The Morgan fingerprint density at radius 3 is 2.83 bits per heavy atom. The first kappa shape index (κ1) is 9.32. The van der Waals surface area contributed by atoms with Crippen LogP contribution in [0, 0.1) is 5.92 Å². The zero-order valence-corrected chi connectivity index (χ0v) is 7.62.